The monoisotopic (exact) mass is 395 g/mol. The van der Waals surface area contributed by atoms with Gasteiger partial charge in [-0.1, -0.05) is 12.1 Å². The minimum Gasteiger partial charge on any atom is -0.493 e. The molecule has 2 aliphatic heterocycles. The molecule has 2 aromatic carbocycles. The summed E-state index contributed by atoms with van der Waals surface area (Å²) in [6.45, 7) is 4.59. The Hall–Kier alpha value is -3.06. The minimum absolute atomic E-state index is 0.0146. The highest BCUT2D eigenvalue weighted by Gasteiger charge is 2.22. The third kappa shape index (κ3) is 4.68. The number of amides is 2. The zero-order valence-corrected chi connectivity index (χ0v) is 16.3. The smallest absolute Gasteiger partial charge is 0.255 e. The second-order valence-electron chi connectivity index (χ2n) is 7.39. The van der Waals surface area contributed by atoms with Crippen molar-refractivity contribution in [2.24, 2.45) is 5.73 Å². The molecule has 2 aliphatic rings. The lowest BCUT2D eigenvalue weighted by Gasteiger charge is -2.34. The number of fused-ring (bicyclic) bond motifs is 1. The first kappa shape index (κ1) is 19.3. The molecular formula is C22H25N3O4. The number of hydrogen-bond donors (Lipinski definition) is 1. The molecule has 0 saturated carbocycles. The van der Waals surface area contributed by atoms with Crippen molar-refractivity contribution in [2.75, 3.05) is 39.4 Å². The molecule has 0 radical (unpaired) electrons. The van der Waals surface area contributed by atoms with Gasteiger partial charge in [0.05, 0.1) is 6.61 Å². The van der Waals surface area contributed by atoms with Crippen LogP contribution in [0.1, 0.15) is 21.5 Å². The first-order valence-electron chi connectivity index (χ1n) is 9.86. The normalized spacial score (nSPS) is 16.2. The standard InChI is InChI=1S/C22H25N3O4/c23-21(26)15-29-19-4-2-17(3-5-19)22(27)25-10-8-24(9-11-25)14-16-1-6-20-18(13-16)7-12-28-20/h1-6,13H,7-12,14-15H2,(H2,23,26). The largest absolute Gasteiger partial charge is 0.493 e. The van der Waals surface area contributed by atoms with Crippen LogP contribution in [0.15, 0.2) is 42.5 Å². The Bertz CT molecular complexity index is 889. The highest BCUT2D eigenvalue weighted by Crippen LogP contribution is 2.26. The summed E-state index contributed by atoms with van der Waals surface area (Å²) >= 11 is 0. The second kappa shape index (κ2) is 8.53. The van der Waals surface area contributed by atoms with E-state index in [4.69, 9.17) is 15.2 Å². The van der Waals surface area contributed by atoms with Gasteiger partial charge in [0.1, 0.15) is 11.5 Å². The van der Waals surface area contributed by atoms with Gasteiger partial charge in [-0.25, -0.2) is 0 Å². The summed E-state index contributed by atoms with van der Waals surface area (Å²) < 4.78 is 10.8. The third-order valence-electron chi connectivity index (χ3n) is 5.30. The predicted octanol–water partition coefficient (Wildman–Crippen LogP) is 1.44. The van der Waals surface area contributed by atoms with Crippen molar-refractivity contribution in [2.45, 2.75) is 13.0 Å². The summed E-state index contributed by atoms with van der Waals surface area (Å²) in [6, 6.07) is 13.2. The second-order valence-corrected chi connectivity index (χ2v) is 7.39. The molecule has 29 heavy (non-hydrogen) atoms. The van der Waals surface area contributed by atoms with Gasteiger partial charge in [0.15, 0.2) is 6.61 Å². The lowest BCUT2D eigenvalue weighted by atomic mass is 10.1. The molecule has 2 amide bonds. The fraction of sp³-hybridized carbons (Fsp3) is 0.364. The Morgan fingerprint density at radius 1 is 1.03 bits per heavy atom. The van der Waals surface area contributed by atoms with Crippen molar-refractivity contribution in [1.29, 1.82) is 0 Å². The van der Waals surface area contributed by atoms with E-state index in [2.05, 4.69) is 23.1 Å². The highest BCUT2D eigenvalue weighted by molar-refractivity contribution is 5.94. The number of piperazine rings is 1. The van der Waals surface area contributed by atoms with Gasteiger partial charge in [-0.15, -0.1) is 0 Å². The van der Waals surface area contributed by atoms with E-state index in [-0.39, 0.29) is 12.5 Å². The van der Waals surface area contributed by atoms with Crippen LogP contribution in [0.2, 0.25) is 0 Å². The fourth-order valence-corrected chi connectivity index (χ4v) is 3.74. The van der Waals surface area contributed by atoms with Gasteiger partial charge in [0.2, 0.25) is 0 Å². The van der Waals surface area contributed by atoms with Crippen molar-refractivity contribution in [3.8, 4) is 11.5 Å². The Morgan fingerprint density at radius 3 is 2.52 bits per heavy atom. The first-order valence-corrected chi connectivity index (χ1v) is 9.86. The lowest BCUT2D eigenvalue weighted by Crippen LogP contribution is -2.48. The third-order valence-corrected chi connectivity index (χ3v) is 5.30. The van der Waals surface area contributed by atoms with Gasteiger partial charge < -0.3 is 20.1 Å². The fourth-order valence-electron chi connectivity index (χ4n) is 3.74. The minimum atomic E-state index is -0.531. The van der Waals surface area contributed by atoms with E-state index in [1.165, 1.54) is 11.1 Å². The number of rotatable bonds is 6. The molecule has 0 aliphatic carbocycles. The number of carbonyl (C=O) groups is 2. The maximum absolute atomic E-state index is 12.7. The van der Waals surface area contributed by atoms with Crippen LogP contribution >= 0.6 is 0 Å². The zero-order chi connectivity index (χ0) is 20.2. The number of primary amides is 1. The van der Waals surface area contributed by atoms with E-state index in [9.17, 15) is 9.59 Å². The Kier molecular flexibility index (Phi) is 5.67. The van der Waals surface area contributed by atoms with Crippen LogP contribution in [0.5, 0.6) is 11.5 Å². The number of ether oxygens (including phenoxy) is 2. The molecule has 0 aromatic heterocycles. The summed E-state index contributed by atoms with van der Waals surface area (Å²) in [6.07, 6.45) is 0.984. The maximum Gasteiger partial charge on any atom is 0.255 e. The number of carbonyl (C=O) groups excluding carboxylic acids is 2. The molecule has 2 N–H and O–H groups in total. The molecule has 2 heterocycles. The van der Waals surface area contributed by atoms with E-state index in [1.54, 1.807) is 24.3 Å². The van der Waals surface area contributed by atoms with Crippen molar-refractivity contribution >= 4 is 11.8 Å². The number of nitrogens with zero attached hydrogens (tertiary/aromatic N) is 2. The van der Waals surface area contributed by atoms with Gasteiger partial charge in [-0.3, -0.25) is 14.5 Å². The van der Waals surface area contributed by atoms with Gasteiger partial charge in [0, 0.05) is 44.7 Å². The average Bonchev–Trinajstić information content (AvgIpc) is 3.20. The summed E-state index contributed by atoms with van der Waals surface area (Å²) in [5, 5.41) is 0. The van der Waals surface area contributed by atoms with Crippen molar-refractivity contribution in [3.05, 3.63) is 59.2 Å². The van der Waals surface area contributed by atoms with Gasteiger partial charge in [-0.05, 0) is 41.5 Å². The van der Waals surface area contributed by atoms with Gasteiger partial charge >= 0.3 is 0 Å². The van der Waals surface area contributed by atoms with Crippen LogP contribution in [0, 0.1) is 0 Å². The summed E-state index contributed by atoms with van der Waals surface area (Å²) in [4.78, 5) is 27.8. The average molecular weight is 395 g/mol. The van der Waals surface area contributed by atoms with Gasteiger partial charge in [-0.2, -0.15) is 0 Å². The summed E-state index contributed by atoms with van der Waals surface area (Å²) in [7, 11) is 0. The Morgan fingerprint density at radius 2 is 1.79 bits per heavy atom. The van der Waals surface area contributed by atoms with E-state index < -0.39 is 5.91 Å². The quantitative estimate of drug-likeness (QED) is 0.800. The van der Waals surface area contributed by atoms with Crippen LogP contribution in [-0.2, 0) is 17.8 Å². The maximum atomic E-state index is 12.7. The van der Waals surface area contributed by atoms with Gasteiger partial charge in [0.25, 0.3) is 11.8 Å². The lowest BCUT2D eigenvalue weighted by molar-refractivity contribution is -0.119. The van der Waals surface area contributed by atoms with Crippen LogP contribution < -0.4 is 15.2 Å². The first-order chi connectivity index (χ1) is 14.1. The van der Waals surface area contributed by atoms with Crippen LogP contribution in [0.25, 0.3) is 0 Å². The Balaban J connectivity index is 1.28. The SMILES string of the molecule is NC(=O)COc1ccc(C(=O)N2CCN(Cc3ccc4c(c3)CCO4)CC2)cc1. The molecule has 0 bridgehead atoms. The molecular weight excluding hydrogens is 370 g/mol. The zero-order valence-electron chi connectivity index (χ0n) is 16.3. The molecule has 4 rings (SSSR count). The molecule has 7 heteroatoms. The highest BCUT2D eigenvalue weighted by atomic mass is 16.5. The van der Waals surface area contributed by atoms with Crippen molar-refractivity contribution < 1.29 is 19.1 Å². The van der Waals surface area contributed by atoms with Crippen LogP contribution in [0.3, 0.4) is 0 Å². The molecule has 2 aromatic rings. The van der Waals surface area contributed by atoms with Crippen LogP contribution in [-0.4, -0.2) is 61.0 Å². The molecule has 0 atom stereocenters. The van der Waals surface area contributed by atoms with Crippen molar-refractivity contribution in [1.82, 2.24) is 9.80 Å². The molecule has 0 unspecified atom stereocenters. The van der Waals surface area contributed by atoms with E-state index in [0.717, 1.165) is 38.4 Å². The summed E-state index contributed by atoms with van der Waals surface area (Å²) in [5.74, 6) is 1.01. The molecule has 0 spiro atoms. The number of benzene rings is 2. The predicted molar refractivity (Wildman–Crippen MR) is 108 cm³/mol. The van der Waals surface area contributed by atoms with Crippen molar-refractivity contribution in [3.63, 3.8) is 0 Å². The number of hydrogen-bond acceptors (Lipinski definition) is 5. The Labute approximate surface area is 170 Å². The molecule has 1 saturated heterocycles. The molecule has 152 valence electrons. The van der Waals surface area contributed by atoms with E-state index in [1.807, 2.05) is 4.90 Å². The topological polar surface area (TPSA) is 85.1 Å². The molecule has 7 nitrogen and oxygen atoms in total. The number of nitrogens with two attached hydrogens (primary N) is 1. The van der Waals surface area contributed by atoms with E-state index in [0.29, 0.717) is 24.4 Å². The molecule has 1 fully saturated rings. The summed E-state index contributed by atoms with van der Waals surface area (Å²) in [5.41, 5.74) is 8.26. The van der Waals surface area contributed by atoms with E-state index >= 15 is 0 Å². The van der Waals surface area contributed by atoms with Crippen LogP contribution in [0.4, 0.5) is 0 Å².